The molecule has 17 heavy (non-hydrogen) atoms. The molecule has 0 bridgehead atoms. The van der Waals surface area contributed by atoms with Crippen LogP contribution >= 0.6 is 25.3 Å². The van der Waals surface area contributed by atoms with Gasteiger partial charge in [0, 0.05) is 9.79 Å². The number of hydrogen-bond acceptors (Lipinski definition) is 2. The van der Waals surface area contributed by atoms with Gasteiger partial charge < -0.3 is 0 Å². The Balaban J connectivity index is 0.000000202. The summed E-state index contributed by atoms with van der Waals surface area (Å²) >= 11 is 8.57. The number of hydrogen-bond donors (Lipinski definition) is 2. The molecule has 0 unspecified atom stereocenters. The van der Waals surface area contributed by atoms with Crippen LogP contribution in [0.25, 0.3) is 0 Å². The number of rotatable bonds is 2. The van der Waals surface area contributed by atoms with Crippen LogP contribution in [0.2, 0.25) is 0 Å². The number of benzene rings is 2. The Kier molecular flexibility index (Phi) is 6.60. The van der Waals surface area contributed by atoms with Crippen molar-refractivity contribution in [2.24, 2.45) is 0 Å². The first kappa shape index (κ1) is 13.9. The summed E-state index contributed by atoms with van der Waals surface area (Å²) in [6, 6.07) is 17.9. The second kappa shape index (κ2) is 8.04. The molecule has 0 aromatic heterocycles. The van der Waals surface area contributed by atoms with Crippen molar-refractivity contribution in [3.8, 4) is 0 Å². The number of thiol groups is 2. The molecular formula is C15H16S2. The Morgan fingerprint density at radius 1 is 0.882 bits per heavy atom. The normalized spacial score (nSPS) is 9.06. The minimum atomic E-state index is 0.854. The Labute approximate surface area is 114 Å². The molecule has 2 rings (SSSR count). The van der Waals surface area contributed by atoms with Gasteiger partial charge in [0.2, 0.25) is 0 Å². The molecule has 88 valence electrons. The zero-order chi connectivity index (χ0) is 12.5. The summed E-state index contributed by atoms with van der Waals surface area (Å²) in [6.45, 7) is 3.67. The van der Waals surface area contributed by atoms with Gasteiger partial charge in [0.1, 0.15) is 0 Å². The molecule has 0 nitrogen and oxygen atoms in total. The molecule has 0 aliphatic carbocycles. The van der Waals surface area contributed by atoms with Crippen LogP contribution < -0.4 is 0 Å². The lowest BCUT2D eigenvalue weighted by Crippen LogP contribution is -1.83. The van der Waals surface area contributed by atoms with Gasteiger partial charge in [-0.05, 0) is 18.1 Å². The van der Waals surface area contributed by atoms with E-state index in [0.717, 1.165) is 16.2 Å². The fourth-order valence-corrected chi connectivity index (χ4v) is 1.75. The third kappa shape index (κ3) is 5.16. The highest BCUT2D eigenvalue weighted by Crippen LogP contribution is 2.22. The molecule has 0 aliphatic rings. The van der Waals surface area contributed by atoms with Gasteiger partial charge >= 0.3 is 0 Å². The molecule has 0 heterocycles. The van der Waals surface area contributed by atoms with Gasteiger partial charge in [-0.25, -0.2) is 0 Å². The van der Waals surface area contributed by atoms with E-state index in [4.69, 9.17) is 0 Å². The van der Waals surface area contributed by atoms with Gasteiger partial charge in [-0.1, -0.05) is 54.6 Å². The highest BCUT2D eigenvalue weighted by atomic mass is 32.1. The summed E-state index contributed by atoms with van der Waals surface area (Å²) in [5.41, 5.74) is 1.18. The first-order valence-electron chi connectivity index (χ1n) is 5.36. The monoisotopic (exact) mass is 260 g/mol. The lowest BCUT2D eigenvalue weighted by molar-refractivity contribution is 1.11. The summed E-state index contributed by atoms with van der Waals surface area (Å²) in [5.74, 6) is 0. The second-order valence-electron chi connectivity index (χ2n) is 3.43. The molecule has 0 fully saturated rings. The largest absolute Gasteiger partial charge is 0.142 e. The Morgan fingerprint density at radius 3 is 1.88 bits per heavy atom. The molecule has 0 saturated carbocycles. The van der Waals surface area contributed by atoms with Gasteiger partial charge in [-0.2, -0.15) is 0 Å². The average Bonchev–Trinajstić information content (AvgIpc) is 2.38. The maximum absolute atomic E-state index is 4.32. The summed E-state index contributed by atoms with van der Waals surface area (Å²) in [4.78, 5) is 1.88. The van der Waals surface area contributed by atoms with Gasteiger partial charge in [0.05, 0.1) is 0 Å². The molecule has 2 aromatic carbocycles. The number of allylic oxidation sites excluding steroid dienone is 1. The van der Waals surface area contributed by atoms with Crippen molar-refractivity contribution < 1.29 is 0 Å². The van der Waals surface area contributed by atoms with Crippen molar-refractivity contribution in [3.63, 3.8) is 0 Å². The summed E-state index contributed by atoms with van der Waals surface area (Å²) in [6.07, 6.45) is 2.72. The average molecular weight is 260 g/mol. The van der Waals surface area contributed by atoms with Gasteiger partial charge in [-0.3, -0.25) is 0 Å². The van der Waals surface area contributed by atoms with Crippen LogP contribution in [0.4, 0.5) is 0 Å². The van der Waals surface area contributed by atoms with Crippen LogP contribution in [0, 0.1) is 0 Å². The third-order valence-corrected chi connectivity index (χ3v) is 3.21. The molecule has 0 saturated heterocycles. The highest BCUT2D eigenvalue weighted by Gasteiger charge is 1.98. The van der Waals surface area contributed by atoms with E-state index < -0.39 is 0 Å². The predicted molar refractivity (Wildman–Crippen MR) is 81.3 cm³/mol. The van der Waals surface area contributed by atoms with Crippen molar-refractivity contribution >= 4 is 25.3 Å². The van der Waals surface area contributed by atoms with Crippen molar-refractivity contribution in [1.29, 1.82) is 0 Å². The van der Waals surface area contributed by atoms with Crippen molar-refractivity contribution in [1.82, 2.24) is 0 Å². The van der Waals surface area contributed by atoms with Gasteiger partial charge in [0.15, 0.2) is 0 Å². The molecular weight excluding hydrogens is 244 g/mol. The van der Waals surface area contributed by atoms with E-state index in [-0.39, 0.29) is 0 Å². The summed E-state index contributed by atoms with van der Waals surface area (Å²) < 4.78 is 0. The maximum Gasteiger partial charge on any atom is 0.0209 e. The smallest absolute Gasteiger partial charge is 0.0209 e. The van der Waals surface area contributed by atoms with Crippen molar-refractivity contribution in [3.05, 3.63) is 72.8 Å². The second-order valence-corrected chi connectivity index (χ2v) is 4.36. The van der Waals surface area contributed by atoms with Crippen molar-refractivity contribution in [2.45, 2.75) is 16.2 Å². The lowest BCUT2D eigenvalue weighted by Gasteiger charge is -2.03. The van der Waals surface area contributed by atoms with E-state index >= 15 is 0 Å². The first-order chi connectivity index (χ1) is 8.25. The van der Waals surface area contributed by atoms with Gasteiger partial charge in [0.25, 0.3) is 0 Å². The molecule has 0 N–H and O–H groups in total. The van der Waals surface area contributed by atoms with E-state index in [0.29, 0.717) is 0 Å². The predicted octanol–water partition coefficient (Wildman–Crippen LogP) is 4.68. The quantitative estimate of drug-likeness (QED) is 0.568. The first-order valence-corrected chi connectivity index (χ1v) is 6.26. The van der Waals surface area contributed by atoms with E-state index in [2.05, 4.69) is 31.8 Å². The van der Waals surface area contributed by atoms with E-state index in [9.17, 15) is 0 Å². The molecule has 2 heteroatoms. The van der Waals surface area contributed by atoms with Crippen LogP contribution in [-0.4, -0.2) is 0 Å². The molecule has 0 atom stereocenters. The van der Waals surface area contributed by atoms with Gasteiger partial charge in [-0.15, -0.1) is 31.8 Å². The molecule has 0 spiro atoms. The zero-order valence-corrected chi connectivity index (χ0v) is 11.4. The van der Waals surface area contributed by atoms with Crippen LogP contribution in [-0.2, 0) is 6.42 Å². The fraction of sp³-hybridized carbons (Fsp3) is 0.0667. The molecule has 0 aliphatic heterocycles. The molecule has 2 aromatic rings. The van der Waals surface area contributed by atoms with Crippen molar-refractivity contribution in [2.75, 3.05) is 0 Å². The molecule has 0 radical (unpaired) electrons. The molecule has 0 amide bonds. The highest BCUT2D eigenvalue weighted by molar-refractivity contribution is 7.83. The van der Waals surface area contributed by atoms with Crippen LogP contribution in [0.5, 0.6) is 0 Å². The fourth-order valence-electron chi connectivity index (χ4n) is 1.28. The minimum absolute atomic E-state index is 0.854. The Hall–Kier alpha value is -1.12. The SMILES string of the molecule is C=CCc1cccc(S)c1S.c1ccccc1. The van der Waals surface area contributed by atoms with E-state index in [1.807, 2.05) is 60.7 Å². The standard InChI is InChI=1S/C9H10S2.C6H6/c1-2-4-7-5-3-6-8(10)9(7)11;1-2-4-6-5-3-1/h2-3,5-6,10-11H,1,4H2;1-6H. The third-order valence-electron chi connectivity index (χ3n) is 2.13. The van der Waals surface area contributed by atoms with E-state index in [1.165, 1.54) is 5.56 Å². The lowest BCUT2D eigenvalue weighted by atomic mass is 10.1. The van der Waals surface area contributed by atoms with Crippen LogP contribution in [0.1, 0.15) is 5.56 Å². The van der Waals surface area contributed by atoms with E-state index in [1.54, 1.807) is 0 Å². The Bertz CT molecular complexity index is 423. The topological polar surface area (TPSA) is 0 Å². The van der Waals surface area contributed by atoms with Crippen LogP contribution in [0.3, 0.4) is 0 Å². The maximum atomic E-state index is 4.32. The summed E-state index contributed by atoms with van der Waals surface area (Å²) in [7, 11) is 0. The minimum Gasteiger partial charge on any atom is -0.142 e. The van der Waals surface area contributed by atoms with Crippen LogP contribution in [0.15, 0.2) is 77.0 Å². The summed E-state index contributed by atoms with van der Waals surface area (Å²) in [5, 5.41) is 0. The zero-order valence-electron chi connectivity index (χ0n) is 9.58. The Morgan fingerprint density at radius 2 is 1.41 bits per heavy atom.